The fraction of sp³-hybridized carbons (Fsp3) is 0.588. The minimum atomic E-state index is -0.532. The van der Waals surface area contributed by atoms with Crippen LogP contribution in [-0.2, 0) is 6.54 Å². The first kappa shape index (κ1) is 17.0. The minimum Gasteiger partial charge on any atom is -0.390 e. The number of aliphatic hydroxyl groups is 1. The summed E-state index contributed by atoms with van der Waals surface area (Å²) in [6, 6.07) is 4.73. The number of rotatable bonds is 5. The molecule has 0 aliphatic carbocycles. The molecule has 2 heterocycles. The molecule has 7 heteroatoms. The van der Waals surface area contributed by atoms with E-state index in [4.69, 9.17) is 0 Å². The summed E-state index contributed by atoms with van der Waals surface area (Å²) >= 11 is 0. The number of likely N-dealkylation sites (tertiary alicyclic amines) is 1. The molecule has 1 aromatic carbocycles. The van der Waals surface area contributed by atoms with Crippen molar-refractivity contribution in [1.82, 2.24) is 25.1 Å². The molecule has 0 amide bonds. The van der Waals surface area contributed by atoms with Crippen molar-refractivity contribution in [2.24, 2.45) is 5.92 Å². The van der Waals surface area contributed by atoms with E-state index in [0.29, 0.717) is 24.5 Å². The summed E-state index contributed by atoms with van der Waals surface area (Å²) in [6.07, 6.45) is 1.83. The van der Waals surface area contributed by atoms with Gasteiger partial charge in [0.05, 0.1) is 12.6 Å². The summed E-state index contributed by atoms with van der Waals surface area (Å²) in [4.78, 5) is 3.69. The van der Waals surface area contributed by atoms with Gasteiger partial charge in [-0.2, -0.15) is 4.80 Å². The lowest BCUT2D eigenvalue weighted by Crippen LogP contribution is -2.40. The number of benzene rings is 1. The largest absolute Gasteiger partial charge is 0.390 e. The van der Waals surface area contributed by atoms with Gasteiger partial charge in [0.15, 0.2) is 0 Å². The zero-order valence-electron chi connectivity index (χ0n) is 14.2. The molecule has 1 saturated heterocycles. The van der Waals surface area contributed by atoms with Gasteiger partial charge in [0.25, 0.3) is 0 Å². The smallest absolute Gasteiger partial charge is 0.204 e. The molecule has 3 rings (SSSR count). The first-order valence-corrected chi connectivity index (χ1v) is 8.46. The molecule has 130 valence electrons. The predicted octanol–water partition coefficient (Wildman–Crippen LogP) is 1.88. The molecule has 0 bridgehead atoms. The average molecular weight is 333 g/mol. The van der Waals surface area contributed by atoms with Crippen molar-refractivity contribution in [2.75, 3.05) is 19.6 Å². The molecular formula is C17H24FN5O. The number of tetrazole rings is 1. The normalized spacial score (nSPS) is 18.0. The van der Waals surface area contributed by atoms with E-state index in [2.05, 4.69) is 27.2 Å². The van der Waals surface area contributed by atoms with E-state index < -0.39 is 6.10 Å². The fourth-order valence-electron chi connectivity index (χ4n) is 3.01. The maximum Gasteiger partial charge on any atom is 0.204 e. The maximum atomic E-state index is 13.3. The zero-order valence-corrected chi connectivity index (χ0v) is 14.2. The van der Waals surface area contributed by atoms with Gasteiger partial charge in [0.1, 0.15) is 5.82 Å². The number of halogens is 1. The predicted molar refractivity (Wildman–Crippen MR) is 88.8 cm³/mol. The second-order valence-corrected chi connectivity index (χ2v) is 6.77. The van der Waals surface area contributed by atoms with Crippen LogP contribution in [0.15, 0.2) is 18.2 Å². The second kappa shape index (κ2) is 7.36. The van der Waals surface area contributed by atoms with Gasteiger partial charge in [0.2, 0.25) is 5.82 Å². The average Bonchev–Trinajstić information content (AvgIpc) is 3.00. The molecule has 1 aliphatic rings. The molecule has 0 spiro atoms. The Hall–Kier alpha value is -1.86. The summed E-state index contributed by atoms with van der Waals surface area (Å²) in [5, 5.41) is 22.5. The van der Waals surface area contributed by atoms with Crippen molar-refractivity contribution in [3.63, 3.8) is 0 Å². The third-order valence-electron chi connectivity index (χ3n) is 4.59. The lowest BCUT2D eigenvalue weighted by Gasteiger charge is -2.31. The maximum absolute atomic E-state index is 13.3. The number of hydrogen-bond donors (Lipinski definition) is 1. The SMILES string of the molecule is Cc1cc(-c2nnn(CC(O)CN3CCC(C)CC3)n2)ccc1F. The van der Waals surface area contributed by atoms with Gasteiger partial charge in [0, 0.05) is 12.1 Å². The van der Waals surface area contributed by atoms with Gasteiger partial charge in [-0.25, -0.2) is 4.39 Å². The van der Waals surface area contributed by atoms with Gasteiger partial charge in [-0.1, -0.05) is 6.92 Å². The van der Waals surface area contributed by atoms with E-state index in [9.17, 15) is 9.50 Å². The Morgan fingerprint density at radius 1 is 1.29 bits per heavy atom. The van der Waals surface area contributed by atoms with Crippen LogP contribution in [0.4, 0.5) is 4.39 Å². The monoisotopic (exact) mass is 333 g/mol. The van der Waals surface area contributed by atoms with E-state index in [0.717, 1.165) is 24.6 Å². The summed E-state index contributed by atoms with van der Waals surface area (Å²) in [7, 11) is 0. The van der Waals surface area contributed by atoms with Gasteiger partial charge >= 0.3 is 0 Å². The highest BCUT2D eigenvalue weighted by atomic mass is 19.1. The van der Waals surface area contributed by atoms with Crippen molar-refractivity contribution in [3.8, 4) is 11.4 Å². The molecule has 2 aromatic rings. The van der Waals surface area contributed by atoms with Gasteiger partial charge in [-0.3, -0.25) is 0 Å². The van der Waals surface area contributed by atoms with Crippen LogP contribution in [-0.4, -0.2) is 56.0 Å². The highest BCUT2D eigenvalue weighted by molar-refractivity contribution is 5.54. The quantitative estimate of drug-likeness (QED) is 0.905. The third kappa shape index (κ3) is 4.15. The molecule has 1 aromatic heterocycles. The molecule has 0 radical (unpaired) electrons. The molecule has 0 saturated carbocycles. The van der Waals surface area contributed by atoms with E-state index in [1.54, 1.807) is 19.1 Å². The molecule has 1 fully saturated rings. The van der Waals surface area contributed by atoms with Gasteiger partial charge in [-0.05, 0) is 67.7 Å². The highest BCUT2D eigenvalue weighted by Crippen LogP contribution is 2.18. The number of hydrogen-bond acceptors (Lipinski definition) is 5. The highest BCUT2D eigenvalue weighted by Gasteiger charge is 2.19. The number of aromatic nitrogens is 4. The van der Waals surface area contributed by atoms with E-state index in [-0.39, 0.29) is 5.82 Å². The van der Waals surface area contributed by atoms with Crippen LogP contribution in [0.1, 0.15) is 25.3 Å². The van der Waals surface area contributed by atoms with Crippen LogP contribution in [0.25, 0.3) is 11.4 Å². The van der Waals surface area contributed by atoms with Gasteiger partial charge < -0.3 is 10.0 Å². The van der Waals surface area contributed by atoms with E-state index in [1.165, 1.54) is 23.7 Å². The Labute approximate surface area is 141 Å². The lowest BCUT2D eigenvalue weighted by atomic mass is 9.99. The summed E-state index contributed by atoms with van der Waals surface area (Å²) in [5.74, 6) is 0.964. The molecular weight excluding hydrogens is 309 g/mol. The molecule has 1 atom stereocenters. The molecule has 1 unspecified atom stereocenters. The number of piperidine rings is 1. The van der Waals surface area contributed by atoms with Crippen LogP contribution in [0.2, 0.25) is 0 Å². The second-order valence-electron chi connectivity index (χ2n) is 6.77. The van der Waals surface area contributed by atoms with Crippen molar-refractivity contribution in [1.29, 1.82) is 0 Å². The van der Waals surface area contributed by atoms with Crippen molar-refractivity contribution in [2.45, 2.75) is 39.3 Å². The number of aliphatic hydroxyl groups excluding tert-OH is 1. The Morgan fingerprint density at radius 3 is 2.75 bits per heavy atom. The van der Waals surface area contributed by atoms with Crippen molar-refractivity contribution >= 4 is 0 Å². The molecule has 1 N–H and O–H groups in total. The van der Waals surface area contributed by atoms with E-state index in [1.807, 2.05) is 0 Å². The summed E-state index contributed by atoms with van der Waals surface area (Å²) < 4.78 is 13.3. The van der Waals surface area contributed by atoms with Crippen LogP contribution < -0.4 is 0 Å². The van der Waals surface area contributed by atoms with Crippen LogP contribution >= 0.6 is 0 Å². The standard InChI is InChI=1S/C17H24FN5O/c1-12-5-7-22(8-6-12)10-15(24)11-23-20-17(19-21-23)14-3-4-16(18)13(2)9-14/h3-4,9,12,15,24H,5-8,10-11H2,1-2H3. The molecule has 6 nitrogen and oxygen atoms in total. The summed E-state index contributed by atoms with van der Waals surface area (Å²) in [6.45, 7) is 6.96. The number of β-amino-alcohol motifs (C(OH)–C–C–N with tert-alkyl or cyclic N) is 1. The number of aryl methyl sites for hydroxylation is 1. The van der Waals surface area contributed by atoms with Crippen molar-refractivity contribution in [3.05, 3.63) is 29.6 Å². The first-order chi connectivity index (χ1) is 11.5. The lowest BCUT2D eigenvalue weighted by molar-refractivity contribution is 0.0743. The Balaban J connectivity index is 1.58. The van der Waals surface area contributed by atoms with Gasteiger partial charge in [-0.15, -0.1) is 10.2 Å². The number of nitrogens with zero attached hydrogens (tertiary/aromatic N) is 5. The van der Waals surface area contributed by atoms with Crippen LogP contribution in [0, 0.1) is 18.7 Å². The Kier molecular flexibility index (Phi) is 5.20. The molecule has 24 heavy (non-hydrogen) atoms. The Bertz CT molecular complexity index is 681. The fourth-order valence-corrected chi connectivity index (χ4v) is 3.01. The Morgan fingerprint density at radius 2 is 2.04 bits per heavy atom. The van der Waals surface area contributed by atoms with E-state index >= 15 is 0 Å². The summed E-state index contributed by atoms with van der Waals surface area (Å²) in [5.41, 5.74) is 1.27. The van der Waals surface area contributed by atoms with Crippen LogP contribution in [0.5, 0.6) is 0 Å². The first-order valence-electron chi connectivity index (χ1n) is 8.46. The van der Waals surface area contributed by atoms with Crippen molar-refractivity contribution < 1.29 is 9.50 Å². The topological polar surface area (TPSA) is 67.1 Å². The molecule has 1 aliphatic heterocycles. The van der Waals surface area contributed by atoms with Crippen LogP contribution in [0.3, 0.4) is 0 Å². The third-order valence-corrected chi connectivity index (χ3v) is 4.59. The zero-order chi connectivity index (χ0) is 17.1. The minimum absolute atomic E-state index is 0.252.